The van der Waals surface area contributed by atoms with Crippen LogP contribution in [0.2, 0.25) is 0 Å². The van der Waals surface area contributed by atoms with Gasteiger partial charge in [0, 0.05) is 19.4 Å². The van der Waals surface area contributed by atoms with E-state index in [1.807, 2.05) is 37.0 Å². The van der Waals surface area contributed by atoms with E-state index in [-0.39, 0.29) is 0 Å². The van der Waals surface area contributed by atoms with Crippen molar-refractivity contribution in [3.8, 4) is 5.69 Å². The lowest BCUT2D eigenvalue weighted by atomic mass is 10.3. The third kappa shape index (κ3) is 1.76. The molecule has 98 valence electrons. The number of anilines is 1. The second kappa shape index (κ2) is 4.08. The fourth-order valence-corrected chi connectivity index (χ4v) is 2.28. The predicted molar refractivity (Wildman–Crippen MR) is 74.2 cm³/mol. The van der Waals surface area contributed by atoms with E-state index in [4.69, 9.17) is 5.73 Å². The Kier molecular flexibility index (Phi) is 2.51. The lowest BCUT2D eigenvalue weighted by molar-refractivity contribution is 0.746. The van der Waals surface area contributed by atoms with E-state index in [2.05, 4.69) is 22.0 Å². The molecular formula is C13H16N6. The number of aryl methyl sites for hydroxylation is 3. The summed E-state index contributed by atoms with van der Waals surface area (Å²) in [5.41, 5.74) is 10.6. The van der Waals surface area contributed by atoms with Gasteiger partial charge in [0.2, 0.25) is 5.95 Å². The van der Waals surface area contributed by atoms with E-state index in [1.54, 1.807) is 4.68 Å². The van der Waals surface area contributed by atoms with Crippen molar-refractivity contribution >= 4 is 17.1 Å². The number of aromatic nitrogens is 5. The van der Waals surface area contributed by atoms with Gasteiger partial charge in [-0.15, -0.1) is 0 Å². The molecule has 19 heavy (non-hydrogen) atoms. The average Bonchev–Trinajstić information content (AvgIpc) is 2.87. The molecule has 0 fully saturated rings. The van der Waals surface area contributed by atoms with Crippen molar-refractivity contribution in [2.45, 2.75) is 20.3 Å². The summed E-state index contributed by atoms with van der Waals surface area (Å²) in [6.45, 7) is 4.06. The molecule has 0 aliphatic heterocycles. The van der Waals surface area contributed by atoms with Gasteiger partial charge in [-0.3, -0.25) is 9.25 Å². The molecule has 0 amide bonds. The SMILES string of the molecule is CCc1nn(C)cc1-n1c(N)nc2cc(C)cnc21. The zero-order valence-corrected chi connectivity index (χ0v) is 11.3. The topological polar surface area (TPSA) is 74.5 Å². The molecule has 0 aliphatic rings. The van der Waals surface area contributed by atoms with Gasteiger partial charge in [-0.05, 0) is 25.0 Å². The highest BCUT2D eigenvalue weighted by molar-refractivity contribution is 5.77. The Morgan fingerprint density at radius 1 is 1.37 bits per heavy atom. The Morgan fingerprint density at radius 2 is 2.16 bits per heavy atom. The largest absolute Gasteiger partial charge is 0.369 e. The molecule has 6 nitrogen and oxygen atoms in total. The van der Waals surface area contributed by atoms with E-state index < -0.39 is 0 Å². The molecule has 3 heterocycles. The summed E-state index contributed by atoms with van der Waals surface area (Å²) in [5.74, 6) is 0.441. The van der Waals surface area contributed by atoms with Crippen LogP contribution in [0.25, 0.3) is 16.9 Å². The first-order chi connectivity index (χ1) is 9.10. The minimum Gasteiger partial charge on any atom is -0.369 e. The van der Waals surface area contributed by atoms with Gasteiger partial charge in [0.15, 0.2) is 5.65 Å². The van der Waals surface area contributed by atoms with Crippen molar-refractivity contribution in [2.75, 3.05) is 5.73 Å². The summed E-state index contributed by atoms with van der Waals surface area (Å²) < 4.78 is 3.65. The number of nitrogens with zero attached hydrogens (tertiary/aromatic N) is 5. The van der Waals surface area contributed by atoms with Gasteiger partial charge >= 0.3 is 0 Å². The smallest absolute Gasteiger partial charge is 0.207 e. The number of nitrogens with two attached hydrogens (primary N) is 1. The third-order valence-corrected chi connectivity index (χ3v) is 3.12. The van der Waals surface area contributed by atoms with Crippen LogP contribution in [0.1, 0.15) is 18.2 Å². The zero-order chi connectivity index (χ0) is 13.6. The number of imidazole rings is 1. The molecule has 2 N–H and O–H groups in total. The first kappa shape index (κ1) is 11.7. The zero-order valence-electron chi connectivity index (χ0n) is 11.3. The normalized spacial score (nSPS) is 11.3. The molecule has 0 bridgehead atoms. The van der Waals surface area contributed by atoms with Crippen molar-refractivity contribution in [1.82, 2.24) is 24.3 Å². The number of fused-ring (bicyclic) bond motifs is 1. The molecule has 0 radical (unpaired) electrons. The van der Waals surface area contributed by atoms with Crippen LogP contribution in [0.5, 0.6) is 0 Å². The minimum atomic E-state index is 0.441. The maximum atomic E-state index is 6.04. The fraction of sp³-hybridized carbons (Fsp3) is 0.308. The monoisotopic (exact) mass is 256 g/mol. The van der Waals surface area contributed by atoms with Crippen LogP contribution in [0.4, 0.5) is 5.95 Å². The van der Waals surface area contributed by atoms with Gasteiger partial charge in [0.25, 0.3) is 0 Å². The van der Waals surface area contributed by atoms with Crippen molar-refractivity contribution in [1.29, 1.82) is 0 Å². The van der Waals surface area contributed by atoms with Crippen LogP contribution in [-0.2, 0) is 13.5 Å². The van der Waals surface area contributed by atoms with Gasteiger partial charge in [0.1, 0.15) is 5.52 Å². The average molecular weight is 256 g/mol. The second-order valence-corrected chi connectivity index (χ2v) is 4.65. The fourth-order valence-electron chi connectivity index (χ4n) is 2.28. The summed E-state index contributed by atoms with van der Waals surface area (Å²) in [6.07, 6.45) is 4.60. The Morgan fingerprint density at radius 3 is 2.89 bits per heavy atom. The van der Waals surface area contributed by atoms with Crippen LogP contribution in [0, 0.1) is 6.92 Å². The first-order valence-electron chi connectivity index (χ1n) is 6.23. The van der Waals surface area contributed by atoms with Crippen molar-refractivity contribution in [3.63, 3.8) is 0 Å². The summed E-state index contributed by atoms with van der Waals surface area (Å²) in [5, 5.41) is 4.44. The Bertz CT molecular complexity index is 752. The van der Waals surface area contributed by atoms with Gasteiger partial charge in [-0.1, -0.05) is 6.92 Å². The predicted octanol–water partition coefficient (Wildman–Crippen LogP) is 1.61. The van der Waals surface area contributed by atoms with Crippen molar-refractivity contribution in [3.05, 3.63) is 29.7 Å². The van der Waals surface area contributed by atoms with Crippen LogP contribution in [0.15, 0.2) is 18.5 Å². The standard InChI is InChI=1S/C13H16N6/c1-4-9-11(7-18(3)17-9)19-12-10(16-13(19)14)5-8(2)6-15-12/h5-7H,4H2,1-3H3,(H2,14,16). The maximum Gasteiger partial charge on any atom is 0.207 e. The van der Waals surface area contributed by atoms with Crippen LogP contribution in [0.3, 0.4) is 0 Å². The number of nitrogen functional groups attached to an aromatic ring is 1. The molecule has 0 aromatic carbocycles. The molecule has 0 aliphatic carbocycles. The lowest BCUT2D eigenvalue weighted by Crippen LogP contribution is -2.03. The maximum absolute atomic E-state index is 6.04. The van der Waals surface area contributed by atoms with Gasteiger partial charge in [0.05, 0.1) is 11.4 Å². The number of pyridine rings is 1. The molecular weight excluding hydrogens is 240 g/mol. The quantitative estimate of drug-likeness (QED) is 0.755. The second-order valence-electron chi connectivity index (χ2n) is 4.65. The first-order valence-corrected chi connectivity index (χ1v) is 6.23. The summed E-state index contributed by atoms with van der Waals surface area (Å²) in [7, 11) is 1.90. The molecule has 0 spiro atoms. The molecule has 6 heteroatoms. The number of hydrogen-bond acceptors (Lipinski definition) is 4. The summed E-state index contributed by atoms with van der Waals surface area (Å²) >= 11 is 0. The van der Waals surface area contributed by atoms with E-state index in [0.29, 0.717) is 5.95 Å². The highest BCUT2D eigenvalue weighted by Crippen LogP contribution is 2.24. The molecule has 0 unspecified atom stereocenters. The third-order valence-electron chi connectivity index (χ3n) is 3.12. The summed E-state index contributed by atoms with van der Waals surface area (Å²) in [6, 6.07) is 1.98. The van der Waals surface area contributed by atoms with Crippen molar-refractivity contribution in [2.24, 2.45) is 7.05 Å². The van der Waals surface area contributed by atoms with E-state index in [0.717, 1.165) is 34.5 Å². The Labute approximate surface area is 110 Å². The van der Waals surface area contributed by atoms with E-state index >= 15 is 0 Å². The van der Waals surface area contributed by atoms with Crippen LogP contribution < -0.4 is 5.73 Å². The molecule has 0 saturated heterocycles. The van der Waals surface area contributed by atoms with Crippen LogP contribution >= 0.6 is 0 Å². The Hall–Kier alpha value is -2.37. The van der Waals surface area contributed by atoms with Crippen LogP contribution in [-0.4, -0.2) is 24.3 Å². The lowest BCUT2D eigenvalue weighted by Gasteiger charge is -2.04. The van der Waals surface area contributed by atoms with E-state index in [9.17, 15) is 0 Å². The molecule has 0 saturated carbocycles. The summed E-state index contributed by atoms with van der Waals surface area (Å²) in [4.78, 5) is 8.82. The number of rotatable bonds is 2. The molecule has 3 aromatic rings. The minimum absolute atomic E-state index is 0.441. The highest BCUT2D eigenvalue weighted by atomic mass is 15.3. The molecule has 3 rings (SSSR count). The van der Waals surface area contributed by atoms with Gasteiger partial charge in [-0.25, -0.2) is 9.97 Å². The Balaban J connectivity index is 2.32. The van der Waals surface area contributed by atoms with E-state index in [1.165, 1.54) is 0 Å². The van der Waals surface area contributed by atoms with Crippen molar-refractivity contribution < 1.29 is 0 Å². The number of hydrogen-bond donors (Lipinski definition) is 1. The highest BCUT2D eigenvalue weighted by Gasteiger charge is 2.16. The molecule has 3 aromatic heterocycles. The molecule has 0 atom stereocenters. The van der Waals surface area contributed by atoms with Gasteiger partial charge < -0.3 is 5.73 Å². The van der Waals surface area contributed by atoms with Gasteiger partial charge in [-0.2, -0.15) is 5.10 Å².